The van der Waals surface area contributed by atoms with Crippen molar-refractivity contribution in [1.29, 1.82) is 0 Å². The summed E-state index contributed by atoms with van der Waals surface area (Å²) in [6.45, 7) is 2.89. The van der Waals surface area contributed by atoms with Crippen LogP contribution in [0.25, 0.3) is 0 Å². The van der Waals surface area contributed by atoms with Crippen LogP contribution in [0.4, 0.5) is 5.69 Å². The molecule has 2 aromatic rings. The molecule has 1 aromatic heterocycles. The molecule has 2 heterocycles. The number of nitrogens with zero attached hydrogens (tertiary/aromatic N) is 1. The number of benzene rings is 1. The largest absolute Gasteiger partial charge is 0.427 e. The van der Waals surface area contributed by atoms with Crippen molar-refractivity contribution < 1.29 is 18.7 Å². The second kappa shape index (κ2) is 9.05. The Morgan fingerprint density at radius 1 is 1.24 bits per heavy atom. The predicted molar refractivity (Wildman–Crippen MR) is 109 cm³/mol. The fraction of sp³-hybridized carbons (Fsp3) is 0.409. The van der Waals surface area contributed by atoms with Gasteiger partial charge in [0.25, 0.3) is 5.91 Å². The average Bonchev–Trinajstić information content (AvgIpc) is 3.21. The Bertz CT molecular complexity index is 958. The molecule has 1 atom stereocenters. The van der Waals surface area contributed by atoms with Crippen LogP contribution in [-0.2, 0) is 16.0 Å². The third-order valence-electron chi connectivity index (χ3n) is 5.10. The van der Waals surface area contributed by atoms with Crippen molar-refractivity contribution in [3.63, 3.8) is 0 Å². The molecule has 0 spiro atoms. The number of hydrogen-bond acceptors (Lipinski definition) is 5. The maximum Gasteiger partial charge on any atom is 0.349 e. The lowest BCUT2D eigenvalue weighted by molar-refractivity contribution is -0.128. The van der Waals surface area contributed by atoms with Gasteiger partial charge in [0.1, 0.15) is 11.3 Å². The van der Waals surface area contributed by atoms with Crippen LogP contribution in [0.5, 0.6) is 0 Å². The molecule has 154 valence electrons. The molecule has 1 N–H and O–H groups in total. The zero-order valence-corrected chi connectivity index (χ0v) is 17.0. The monoisotopic (exact) mass is 398 g/mol. The summed E-state index contributed by atoms with van der Waals surface area (Å²) < 4.78 is 10.8. The molecular formula is C22H26N2O5. The maximum atomic E-state index is 12.8. The van der Waals surface area contributed by atoms with Gasteiger partial charge in [0.2, 0.25) is 5.91 Å². The van der Waals surface area contributed by atoms with Crippen LogP contribution in [-0.4, -0.2) is 44.0 Å². The van der Waals surface area contributed by atoms with Crippen molar-refractivity contribution >= 4 is 17.5 Å². The minimum Gasteiger partial charge on any atom is -0.427 e. The van der Waals surface area contributed by atoms with Crippen LogP contribution in [0.1, 0.15) is 46.0 Å². The van der Waals surface area contributed by atoms with Crippen LogP contribution < -0.4 is 10.9 Å². The Morgan fingerprint density at radius 3 is 2.66 bits per heavy atom. The average molecular weight is 398 g/mol. The number of anilines is 1. The molecule has 1 fully saturated rings. The van der Waals surface area contributed by atoms with E-state index in [9.17, 15) is 14.4 Å². The van der Waals surface area contributed by atoms with Crippen molar-refractivity contribution in [2.24, 2.45) is 0 Å². The minimum absolute atomic E-state index is 0.00756. The number of amides is 2. The maximum absolute atomic E-state index is 12.8. The number of carbonyl (C=O) groups is 2. The van der Waals surface area contributed by atoms with Crippen molar-refractivity contribution in [1.82, 2.24) is 4.90 Å². The van der Waals surface area contributed by atoms with Gasteiger partial charge in [0.05, 0.1) is 6.61 Å². The molecule has 0 bridgehead atoms. The van der Waals surface area contributed by atoms with Gasteiger partial charge in [-0.1, -0.05) is 18.2 Å². The van der Waals surface area contributed by atoms with Crippen LogP contribution in [0.15, 0.2) is 39.5 Å². The molecule has 0 aliphatic carbocycles. The van der Waals surface area contributed by atoms with E-state index in [1.807, 2.05) is 12.1 Å². The van der Waals surface area contributed by atoms with Crippen molar-refractivity contribution in [2.45, 2.75) is 32.1 Å². The van der Waals surface area contributed by atoms with Crippen LogP contribution in [0, 0.1) is 6.92 Å². The van der Waals surface area contributed by atoms with E-state index >= 15 is 0 Å². The van der Waals surface area contributed by atoms with Gasteiger partial charge in [-0.05, 0) is 43.0 Å². The van der Waals surface area contributed by atoms with E-state index in [0.717, 1.165) is 12.0 Å². The molecule has 1 aliphatic rings. The van der Waals surface area contributed by atoms with Crippen LogP contribution >= 0.6 is 0 Å². The topological polar surface area (TPSA) is 88.8 Å². The van der Waals surface area contributed by atoms with E-state index in [2.05, 4.69) is 5.32 Å². The SMILES string of the molecule is Cc1cc(C2CCOC2)oc(=O)c1C(=O)Nc1ccccc1CCC(=O)N(C)C. The van der Waals surface area contributed by atoms with E-state index < -0.39 is 11.5 Å². The van der Waals surface area contributed by atoms with Gasteiger partial charge in [-0.15, -0.1) is 0 Å². The Morgan fingerprint density at radius 2 is 2.00 bits per heavy atom. The number of hydrogen-bond donors (Lipinski definition) is 1. The molecule has 7 nitrogen and oxygen atoms in total. The predicted octanol–water partition coefficient (Wildman–Crippen LogP) is 2.73. The smallest absolute Gasteiger partial charge is 0.349 e. The van der Waals surface area contributed by atoms with Crippen LogP contribution in [0.3, 0.4) is 0 Å². The highest BCUT2D eigenvalue weighted by molar-refractivity contribution is 6.05. The van der Waals surface area contributed by atoms with Gasteiger partial charge >= 0.3 is 5.63 Å². The highest BCUT2D eigenvalue weighted by Gasteiger charge is 2.24. The summed E-state index contributed by atoms with van der Waals surface area (Å²) in [7, 11) is 3.42. The van der Waals surface area contributed by atoms with Crippen molar-refractivity contribution in [3.05, 3.63) is 63.2 Å². The van der Waals surface area contributed by atoms with Gasteiger partial charge in [0.15, 0.2) is 0 Å². The lowest BCUT2D eigenvalue weighted by Crippen LogP contribution is -2.24. The number of para-hydroxylation sites is 1. The first kappa shape index (κ1) is 20.8. The summed E-state index contributed by atoms with van der Waals surface area (Å²) in [5.41, 5.74) is 1.33. The lowest BCUT2D eigenvalue weighted by Gasteiger charge is -2.14. The van der Waals surface area contributed by atoms with E-state index in [1.54, 1.807) is 39.2 Å². The van der Waals surface area contributed by atoms with E-state index in [4.69, 9.17) is 9.15 Å². The summed E-state index contributed by atoms with van der Waals surface area (Å²) in [6, 6.07) is 9.01. The summed E-state index contributed by atoms with van der Waals surface area (Å²) in [6.07, 6.45) is 1.62. The number of aryl methyl sites for hydroxylation is 2. The number of rotatable bonds is 6. The first-order valence-corrected chi connectivity index (χ1v) is 9.68. The normalized spacial score (nSPS) is 15.9. The highest BCUT2D eigenvalue weighted by atomic mass is 16.5. The fourth-order valence-electron chi connectivity index (χ4n) is 3.38. The molecule has 3 rings (SSSR count). The quantitative estimate of drug-likeness (QED) is 0.808. The molecule has 1 aromatic carbocycles. The Hall–Kier alpha value is -2.93. The zero-order chi connectivity index (χ0) is 21.0. The third-order valence-corrected chi connectivity index (χ3v) is 5.10. The molecule has 1 unspecified atom stereocenters. The minimum atomic E-state index is -0.648. The standard InChI is InChI=1S/C22H26N2O5/c1-14-12-18(16-10-11-28-13-16)29-22(27)20(14)21(26)23-17-7-5-4-6-15(17)8-9-19(25)24(2)3/h4-7,12,16H,8-11,13H2,1-3H3,(H,23,26). The second-order valence-electron chi connectivity index (χ2n) is 7.45. The Labute approximate surface area is 169 Å². The summed E-state index contributed by atoms with van der Waals surface area (Å²) >= 11 is 0. The first-order chi connectivity index (χ1) is 13.9. The van der Waals surface area contributed by atoms with Crippen molar-refractivity contribution in [3.8, 4) is 0 Å². The van der Waals surface area contributed by atoms with Crippen molar-refractivity contribution in [2.75, 3.05) is 32.6 Å². The molecule has 0 saturated carbocycles. The fourth-order valence-corrected chi connectivity index (χ4v) is 3.38. The van der Waals surface area contributed by atoms with Crippen LogP contribution in [0.2, 0.25) is 0 Å². The lowest BCUT2D eigenvalue weighted by atomic mass is 10.0. The molecular weight excluding hydrogens is 372 g/mol. The molecule has 1 aliphatic heterocycles. The molecule has 29 heavy (non-hydrogen) atoms. The molecule has 1 saturated heterocycles. The highest BCUT2D eigenvalue weighted by Crippen LogP contribution is 2.26. The Kier molecular flexibility index (Phi) is 6.49. The van der Waals surface area contributed by atoms with Gasteiger partial charge < -0.3 is 19.4 Å². The van der Waals surface area contributed by atoms with Gasteiger partial charge in [-0.2, -0.15) is 0 Å². The Balaban J connectivity index is 1.78. The zero-order valence-electron chi connectivity index (χ0n) is 17.0. The molecule has 2 amide bonds. The van der Waals surface area contributed by atoms with E-state index in [1.165, 1.54) is 4.90 Å². The summed E-state index contributed by atoms with van der Waals surface area (Å²) in [5.74, 6) is 0.101. The summed E-state index contributed by atoms with van der Waals surface area (Å²) in [5, 5.41) is 2.80. The van der Waals surface area contributed by atoms with E-state index in [-0.39, 0.29) is 17.4 Å². The number of carbonyl (C=O) groups excluding carboxylic acids is 2. The molecule has 7 heteroatoms. The first-order valence-electron chi connectivity index (χ1n) is 9.68. The van der Waals surface area contributed by atoms with Gasteiger partial charge in [-0.25, -0.2) is 4.79 Å². The summed E-state index contributed by atoms with van der Waals surface area (Å²) in [4.78, 5) is 38.7. The second-order valence-corrected chi connectivity index (χ2v) is 7.45. The van der Waals surface area contributed by atoms with Gasteiger partial charge in [-0.3, -0.25) is 9.59 Å². The molecule has 0 radical (unpaired) electrons. The van der Waals surface area contributed by atoms with E-state index in [0.29, 0.717) is 43.1 Å². The third kappa shape index (κ3) is 4.92. The number of ether oxygens (including phenoxy) is 1. The van der Waals surface area contributed by atoms with Gasteiger partial charge in [0, 0.05) is 38.7 Å². The number of nitrogens with one attached hydrogen (secondary N) is 1.